The first-order chi connectivity index (χ1) is 8.95. The van der Waals surface area contributed by atoms with Crippen LogP contribution in [0.3, 0.4) is 0 Å². The quantitative estimate of drug-likeness (QED) is 0.624. The number of nitro groups is 1. The van der Waals surface area contributed by atoms with Crippen molar-refractivity contribution in [2.75, 3.05) is 20.1 Å². The number of hydrogen-bond acceptors (Lipinski definition) is 4. The Morgan fingerprint density at radius 3 is 2.79 bits per heavy atom. The average molecular weight is 269 g/mol. The largest absolute Gasteiger partial charge is 0.345 e. The van der Waals surface area contributed by atoms with E-state index in [4.69, 9.17) is 0 Å². The van der Waals surface area contributed by atoms with E-state index in [1.54, 1.807) is 7.05 Å². The Labute approximate surface area is 110 Å². The molecule has 0 radical (unpaired) electrons. The molecule has 1 N–H and O–H groups in total. The predicted molar refractivity (Wildman–Crippen MR) is 68.1 cm³/mol. The number of carbonyl (C=O) groups is 1. The van der Waals surface area contributed by atoms with Crippen molar-refractivity contribution in [3.63, 3.8) is 0 Å². The lowest BCUT2D eigenvalue weighted by molar-refractivity contribution is -0.385. The highest BCUT2D eigenvalue weighted by Gasteiger charge is 2.14. The maximum absolute atomic E-state index is 13.1. The van der Waals surface area contributed by atoms with Gasteiger partial charge in [0.1, 0.15) is 5.82 Å². The highest BCUT2D eigenvalue weighted by molar-refractivity contribution is 5.77. The SMILES string of the molecule is CCN(C)C(=O)CNCc1cc(F)ccc1[N+](=O)[O-]. The number of nitro benzene ring substituents is 1. The van der Waals surface area contributed by atoms with Gasteiger partial charge >= 0.3 is 0 Å². The molecule has 0 fully saturated rings. The second-order valence-electron chi connectivity index (χ2n) is 4.04. The average Bonchev–Trinajstić information content (AvgIpc) is 2.37. The first kappa shape index (κ1) is 15.0. The highest BCUT2D eigenvalue weighted by atomic mass is 19.1. The van der Waals surface area contributed by atoms with Crippen molar-refractivity contribution in [3.05, 3.63) is 39.7 Å². The van der Waals surface area contributed by atoms with Crippen LogP contribution in [0.2, 0.25) is 0 Å². The summed E-state index contributed by atoms with van der Waals surface area (Å²) in [5, 5.41) is 13.5. The normalized spacial score (nSPS) is 10.3. The number of carbonyl (C=O) groups excluding carboxylic acids is 1. The number of amides is 1. The van der Waals surface area contributed by atoms with Gasteiger partial charge in [0.15, 0.2) is 0 Å². The summed E-state index contributed by atoms with van der Waals surface area (Å²) in [6, 6.07) is 3.25. The second-order valence-corrected chi connectivity index (χ2v) is 4.04. The molecule has 0 saturated heterocycles. The molecule has 1 amide bonds. The summed E-state index contributed by atoms with van der Waals surface area (Å²) in [6.45, 7) is 2.55. The van der Waals surface area contributed by atoms with Crippen LogP contribution in [-0.2, 0) is 11.3 Å². The summed E-state index contributed by atoms with van der Waals surface area (Å²) in [5.74, 6) is -0.666. The fourth-order valence-corrected chi connectivity index (χ4v) is 1.49. The molecular weight excluding hydrogens is 253 g/mol. The van der Waals surface area contributed by atoms with Gasteiger partial charge < -0.3 is 10.2 Å². The monoisotopic (exact) mass is 269 g/mol. The molecule has 1 aromatic carbocycles. The van der Waals surface area contributed by atoms with Crippen molar-refractivity contribution in [1.29, 1.82) is 0 Å². The van der Waals surface area contributed by atoms with Crippen molar-refractivity contribution in [2.45, 2.75) is 13.5 Å². The van der Waals surface area contributed by atoms with E-state index in [-0.39, 0.29) is 30.2 Å². The van der Waals surface area contributed by atoms with Crippen LogP contribution in [0.15, 0.2) is 18.2 Å². The van der Waals surface area contributed by atoms with Gasteiger partial charge in [0.25, 0.3) is 5.69 Å². The lowest BCUT2D eigenvalue weighted by Crippen LogP contribution is -2.35. The zero-order valence-corrected chi connectivity index (χ0v) is 10.9. The summed E-state index contributed by atoms with van der Waals surface area (Å²) >= 11 is 0. The zero-order chi connectivity index (χ0) is 14.4. The maximum atomic E-state index is 13.1. The molecule has 0 atom stereocenters. The predicted octanol–water partition coefficient (Wildman–Crippen LogP) is 1.30. The lowest BCUT2D eigenvalue weighted by atomic mass is 10.1. The number of hydrogen-bond donors (Lipinski definition) is 1. The molecular formula is C12H16FN3O3. The molecule has 0 aromatic heterocycles. The molecule has 6 nitrogen and oxygen atoms in total. The maximum Gasteiger partial charge on any atom is 0.274 e. The Hall–Kier alpha value is -2.02. The molecule has 0 bridgehead atoms. The van der Waals surface area contributed by atoms with Crippen LogP contribution in [0, 0.1) is 15.9 Å². The second kappa shape index (κ2) is 6.79. The topological polar surface area (TPSA) is 75.5 Å². The standard InChI is InChI=1S/C12H16FN3O3/c1-3-15(2)12(17)8-14-7-9-6-10(13)4-5-11(9)16(18)19/h4-6,14H,3,7-8H2,1-2H3. The number of nitrogens with one attached hydrogen (secondary N) is 1. The number of benzene rings is 1. The van der Waals surface area contributed by atoms with E-state index >= 15 is 0 Å². The molecule has 0 saturated carbocycles. The zero-order valence-electron chi connectivity index (χ0n) is 10.9. The molecule has 1 rings (SSSR count). The van der Waals surface area contributed by atoms with E-state index in [1.165, 1.54) is 4.90 Å². The third kappa shape index (κ3) is 4.29. The minimum Gasteiger partial charge on any atom is -0.345 e. The van der Waals surface area contributed by atoms with Crippen LogP contribution in [0.25, 0.3) is 0 Å². The highest BCUT2D eigenvalue weighted by Crippen LogP contribution is 2.19. The summed E-state index contributed by atoms with van der Waals surface area (Å²) in [6.07, 6.45) is 0. The molecule has 0 aliphatic rings. The van der Waals surface area contributed by atoms with Crippen molar-refractivity contribution >= 4 is 11.6 Å². The minimum absolute atomic E-state index is 0.0536. The van der Waals surface area contributed by atoms with E-state index in [2.05, 4.69) is 5.32 Å². The van der Waals surface area contributed by atoms with Crippen LogP contribution in [0.1, 0.15) is 12.5 Å². The van der Waals surface area contributed by atoms with Crippen LogP contribution in [-0.4, -0.2) is 35.9 Å². The Morgan fingerprint density at radius 1 is 1.53 bits per heavy atom. The van der Waals surface area contributed by atoms with E-state index in [0.717, 1.165) is 18.2 Å². The van der Waals surface area contributed by atoms with Crippen molar-refractivity contribution in [2.24, 2.45) is 0 Å². The third-order valence-corrected chi connectivity index (χ3v) is 2.73. The van der Waals surface area contributed by atoms with Crippen LogP contribution in [0.4, 0.5) is 10.1 Å². The Morgan fingerprint density at radius 2 is 2.21 bits per heavy atom. The first-order valence-electron chi connectivity index (χ1n) is 5.83. The molecule has 0 heterocycles. The van der Waals surface area contributed by atoms with Gasteiger partial charge in [0, 0.05) is 31.8 Å². The molecule has 104 valence electrons. The molecule has 1 aromatic rings. The molecule has 7 heteroatoms. The van der Waals surface area contributed by atoms with E-state index in [0.29, 0.717) is 6.54 Å². The van der Waals surface area contributed by atoms with Gasteiger partial charge in [0.05, 0.1) is 11.5 Å². The fraction of sp³-hybridized carbons (Fsp3) is 0.417. The Balaban J connectivity index is 2.65. The number of nitrogens with zero attached hydrogens (tertiary/aromatic N) is 2. The van der Waals surface area contributed by atoms with E-state index in [1.807, 2.05) is 6.92 Å². The summed E-state index contributed by atoms with van der Waals surface area (Å²) < 4.78 is 13.1. The first-order valence-corrected chi connectivity index (χ1v) is 5.83. The van der Waals surface area contributed by atoms with Gasteiger partial charge in [-0.2, -0.15) is 0 Å². The molecule has 0 spiro atoms. The van der Waals surface area contributed by atoms with Gasteiger partial charge in [-0.25, -0.2) is 4.39 Å². The van der Waals surface area contributed by atoms with Gasteiger partial charge in [-0.3, -0.25) is 14.9 Å². The van der Waals surface area contributed by atoms with E-state index in [9.17, 15) is 19.3 Å². The number of rotatable bonds is 6. The van der Waals surface area contributed by atoms with Crippen LogP contribution in [0.5, 0.6) is 0 Å². The molecule has 0 aliphatic heterocycles. The fourth-order valence-electron chi connectivity index (χ4n) is 1.49. The smallest absolute Gasteiger partial charge is 0.274 e. The lowest BCUT2D eigenvalue weighted by Gasteiger charge is -2.14. The number of likely N-dealkylation sites (N-methyl/N-ethyl adjacent to an activating group) is 1. The van der Waals surface area contributed by atoms with Crippen LogP contribution >= 0.6 is 0 Å². The van der Waals surface area contributed by atoms with Crippen molar-refractivity contribution < 1.29 is 14.1 Å². The summed E-state index contributed by atoms with van der Waals surface area (Å²) in [7, 11) is 1.66. The summed E-state index contributed by atoms with van der Waals surface area (Å²) in [5.41, 5.74) is 0.0575. The number of halogens is 1. The molecule has 0 aliphatic carbocycles. The minimum atomic E-state index is -0.573. The molecule has 0 unspecified atom stereocenters. The van der Waals surface area contributed by atoms with Gasteiger partial charge in [-0.1, -0.05) is 0 Å². The molecule has 19 heavy (non-hydrogen) atoms. The Bertz CT molecular complexity index is 479. The van der Waals surface area contributed by atoms with Crippen molar-refractivity contribution in [3.8, 4) is 0 Å². The third-order valence-electron chi connectivity index (χ3n) is 2.73. The van der Waals surface area contributed by atoms with Gasteiger partial charge in [0.2, 0.25) is 5.91 Å². The van der Waals surface area contributed by atoms with Gasteiger partial charge in [-0.05, 0) is 19.1 Å². The van der Waals surface area contributed by atoms with Crippen molar-refractivity contribution in [1.82, 2.24) is 10.2 Å². The van der Waals surface area contributed by atoms with E-state index < -0.39 is 10.7 Å². The van der Waals surface area contributed by atoms with Gasteiger partial charge in [-0.15, -0.1) is 0 Å². The van der Waals surface area contributed by atoms with Crippen LogP contribution < -0.4 is 5.32 Å². The summed E-state index contributed by atoms with van der Waals surface area (Å²) in [4.78, 5) is 23.2. The Kier molecular flexibility index (Phi) is 5.37.